The van der Waals surface area contributed by atoms with Crippen molar-refractivity contribution in [2.45, 2.75) is 110 Å². The van der Waals surface area contributed by atoms with Crippen LogP contribution in [0.4, 0.5) is 0 Å². The normalized spacial score (nSPS) is 11.8. The molecule has 0 heterocycles. The summed E-state index contributed by atoms with van der Waals surface area (Å²) in [4.78, 5) is 10.3. The van der Waals surface area contributed by atoms with E-state index < -0.39 is 5.97 Å². The topological polar surface area (TPSA) is 57.5 Å². The Bertz CT molecular complexity index is 494. The van der Waals surface area contributed by atoms with Crippen LogP contribution in [0.2, 0.25) is 0 Å². The summed E-state index contributed by atoms with van der Waals surface area (Å²) >= 11 is 0. The van der Waals surface area contributed by atoms with Crippen LogP contribution >= 0.6 is 0 Å². The smallest absolute Gasteiger partial charge is 0.303 e. The van der Waals surface area contributed by atoms with Gasteiger partial charge in [0, 0.05) is 6.42 Å². The van der Waals surface area contributed by atoms with E-state index in [1.54, 1.807) is 6.92 Å². The third kappa shape index (κ3) is 20.9. The maximum atomic E-state index is 10.3. The molecule has 0 aliphatic heterocycles. The minimum atomic E-state index is -0.664. The van der Waals surface area contributed by atoms with Crippen LogP contribution in [-0.4, -0.2) is 16.2 Å². The van der Waals surface area contributed by atoms with Gasteiger partial charge in [0.2, 0.25) is 0 Å². The molecule has 3 nitrogen and oxygen atoms in total. The van der Waals surface area contributed by atoms with Gasteiger partial charge in [-0.3, -0.25) is 4.79 Å². The predicted octanol–water partition coefficient (Wildman–Crippen LogP) is 7.85. The summed E-state index contributed by atoms with van der Waals surface area (Å²) in [5.41, 5.74) is 0.970. The lowest BCUT2D eigenvalue weighted by Crippen LogP contribution is -1.93. The van der Waals surface area contributed by atoms with E-state index in [1.165, 1.54) is 70.6 Å². The minimum absolute atomic E-state index is 0.332. The van der Waals surface area contributed by atoms with Gasteiger partial charge in [-0.25, -0.2) is 0 Å². The zero-order chi connectivity index (χ0) is 21.6. The minimum Gasteiger partial charge on any atom is -0.481 e. The number of rotatable bonds is 16. The Hall–Kier alpha value is -1.61. The molecular formula is C26H44O3. The molecule has 1 aromatic rings. The number of benzene rings is 1. The van der Waals surface area contributed by atoms with Gasteiger partial charge in [-0.15, -0.1) is 0 Å². The van der Waals surface area contributed by atoms with Crippen molar-refractivity contribution in [2.24, 2.45) is 0 Å². The van der Waals surface area contributed by atoms with Crippen molar-refractivity contribution in [3.63, 3.8) is 0 Å². The molecule has 0 fully saturated rings. The number of allylic oxidation sites excluding steroid dienone is 2. The van der Waals surface area contributed by atoms with Crippen molar-refractivity contribution >= 4 is 5.97 Å². The molecule has 0 amide bonds. The van der Waals surface area contributed by atoms with Crippen LogP contribution in [0.25, 0.3) is 0 Å². The van der Waals surface area contributed by atoms with E-state index in [0.717, 1.165) is 18.4 Å². The van der Waals surface area contributed by atoms with Crippen LogP contribution in [0.15, 0.2) is 42.5 Å². The van der Waals surface area contributed by atoms with E-state index in [4.69, 9.17) is 10.2 Å². The molecule has 0 saturated heterocycles. The van der Waals surface area contributed by atoms with Crippen LogP contribution in [0, 0.1) is 0 Å². The molecule has 0 aliphatic rings. The van der Waals surface area contributed by atoms with Crippen molar-refractivity contribution in [3.05, 3.63) is 48.0 Å². The second kappa shape index (κ2) is 21.1. The summed E-state index contributed by atoms with van der Waals surface area (Å²) < 4.78 is 0. The quantitative estimate of drug-likeness (QED) is 0.218. The number of carbonyl (C=O) groups is 1. The SMILES string of the molecule is CC(O)c1ccccc1.CCCCCCCC/C=C\CCCCCCCC(=O)O. The number of unbranched alkanes of at least 4 members (excludes halogenated alkanes) is 11. The molecule has 0 saturated carbocycles. The zero-order valence-electron chi connectivity index (χ0n) is 18.8. The lowest BCUT2D eigenvalue weighted by Gasteiger charge is -2.00. The second-order valence-electron chi connectivity index (χ2n) is 7.81. The molecule has 29 heavy (non-hydrogen) atoms. The van der Waals surface area contributed by atoms with Crippen molar-refractivity contribution in [3.8, 4) is 0 Å². The van der Waals surface area contributed by atoms with Gasteiger partial charge < -0.3 is 10.2 Å². The van der Waals surface area contributed by atoms with E-state index >= 15 is 0 Å². The Labute approximate surface area is 179 Å². The molecule has 166 valence electrons. The molecular weight excluding hydrogens is 360 g/mol. The summed E-state index contributed by atoms with van der Waals surface area (Å²) in [6.07, 6.45) is 20.9. The van der Waals surface area contributed by atoms with E-state index in [-0.39, 0.29) is 6.10 Å². The Balaban J connectivity index is 0.000000717. The van der Waals surface area contributed by atoms with Gasteiger partial charge in [-0.1, -0.05) is 101 Å². The number of aliphatic carboxylic acids is 1. The summed E-state index contributed by atoms with van der Waals surface area (Å²) in [6, 6.07) is 9.59. The molecule has 0 radical (unpaired) electrons. The van der Waals surface area contributed by atoms with Crippen LogP contribution in [0.3, 0.4) is 0 Å². The van der Waals surface area contributed by atoms with E-state index in [0.29, 0.717) is 6.42 Å². The second-order valence-corrected chi connectivity index (χ2v) is 7.81. The highest BCUT2D eigenvalue weighted by atomic mass is 16.4. The van der Waals surface area contributed by atoms with Crippen LogP contribution in [-0.2, 0) is 4.79 Å². The molecule has 1 rings (SSSR count). The first kappa shape index (κ1) is 27.4. The maximum absolute atomic E-state index is 10.3. The number of aliphatic hydroxyl groups is 1. The third-order valence-electron chi connectivity index (χ3n) is 4.93. The number of carboxylic acid groups (broad SMARTS) is 1. The molecule has 1 unspecified atom stereocenters. The Morgan fingerprint density at radius 1 is 0.828 bits per heavy atom. The van der Waals surface area contributed by atoms with E-state index in [2.05, 4.69) is 19.1 Å². The summed E-state index contributed by atoms with van der Waals surface area (Å²) in [7, 11) is 0. The molecule has 0 aliphatic carbocycles. The number of aliphatic hydroxyl groups excluding tert-OH is 1. The van der Waals surface area contributed by atoms with Crippen molar-refractivity contribution in [1.29, 1.82) is 0 Å². The number of carboxylic acids is 1. The van der Waals surface area contributed by atoms with Crippen LogP contribution in [0.1, 0.15) is 115 Å². The number of hydrogen-bond donors (Lipinski definition) is 2. The van der Waals surface area contributed by atoms with E-state index in [9.17, 15) is 4.79 Å². The highest BCUT2D eigenvalue weighted by Crippen LogP contribution is 2.10. The Kier molecular flexibility index (Phi) is 19.9. The molecule has 2 N–H and O–H groups in total. The average Bonchev–Trinajstić information content (AvgIpc) is 2.72. The lowest BCUT2D eigenvalue weighted by molar-refractivity contribution is -0.137. The van der Waals surface area contributed by atoms with Gasteiger partial charge in [0.25, 0.3) is 0 Å². The predicted molar refractivity (Wildman–Crippen MR) is 124 cm³/mol. The fraction of sp³-hybridized carbons (Fsp3) is 0.654. The largest absolute Gasteiger partial charge is 0.481 e. The maximum Gasteiger partial charge on any atom is 0.303 e. The summed E-state index contributed by atoms with van der Waals surface area (Å²) in [5, 5.41) is 17.5. The van der Waals surface area contributed by atoms with Gasteiger partial charge in [-0.05, 0) is 44.6 Å². The molecule has 0 aromatic heterocycles. The standard InChI is InChI=1S/C18H34O2.C8H10O/c1-2-3-4-5-6-7-8-9-10-11-12-13-14-15-16-17-18(19)20;1-7(9)8-5-3-2-4-6-8/h9-10H,2-8,11-17H2,1H3,(H,19,20);2-7,9H,1H3/b10-9-;. The average molecular weight is 405 g/mol. The number of hydrogen-bond acceptors (Lipinski definition) is 2. The third-order valence-corrected chi connectivity index (χ3v) is 4.93. The Morgan fingerprint density at radius 3 is 1.76 bits per heavy atom. The lowest BCUT2D eigenvalue weighted by atomic mass is 10.1. The zero-order valence-corrected chi connectivity index (χ0v) is 18.8. The first-order valence-corrected chi connectivity index (χ1v) is 11.7. The molecule has 0 bridgehead atoms. The highest BCUT2D eigenvalue weighted by Gasteiger charge is 1.96. The van der Waals surface area contributed by atoms with Crippen molar-refractivity contribution < 1.29 is 15.0 Å². The van der Waals surface area contributed by atoms with Gasteiger partial charge in [0.05, 0.1) is 6.10 Å². The Morgan fingerprint density at radius 2 is 1.31 bits per heavy atom. The highest BCUT2D eigenvalue weighted by molar-refractivity contribution is 5.66. The van der Waals surface area contributed by atoms with Gasteiger partial charge in [0.1, 0.15) is 0 Å². The molecule has 1 aromatic carbocycles. The van der Waals surface area contributed by atoms with E-state index in [1.807, 2.05) is 30.3 Å². The molecule has 3 heteroatoms. The van der Waals surface area contributed by atoms with Crippen molar-refractivity contribution in [2.75, 3.05) is 0 Å². The first-order chi connectivity index (χ1) is 14.1. The van der Waals surface area contributed by atoms with Crippen molar-refractivity contribution in [1.82, 2.24) is 0 Å². The van der Waals surface area contributed by atoms with Crippen LogP contribution < -0.4 is 0 Å². The monoisotopic (exact) mass is 404 g/mol. The first-order valence-electron chi connectivity index (χ1n) is 11.7. The summed E-state index contributed by atoms with van der Waals surface area (Å²) in [6.45, 7) is 4.02. The van der Waals surface area contributed by atoms with Crippen LogP contribution in [0.5, 0.6) is 0 Å². The molecule has 0 spiro atoms. The van der Waals surface area contributed by atoms with Gasteiger partial charge in [-0.2, -0.15) is 0 Å². The van der Waals surface area contributed by atoms with Gasteiger partial charge in [0.15, 0.2) is 0 Å². The molecule has 1 atom stereocenters. The fourth-order valence-electron chi connectivity index (χ4n) is 3.08. The summed E-state index contributed by atoms with van der Waals surface area (Å²) in [5.74, 6) is -0.664. The fourth-order valence-corrected chi connectivity index (χ4v) is 3.08. The van der Waals surface area contributed by atoms with Gasteiger partial charge >= 0.3 is 5.97 Å².